The minimum absolute atomic E-state index is 0.172. The number of aromatic nitrogens is 1. The molecule has 128 valence electrons. The third-order valence-electron chi connectivity index (χ3n) is 3.97. The number of thiazole rings is 1. The van der Waals surface area contributed by atoms with Gasteiger partial charge in [0.2, 0.25) is 0 Å². The van der Waals surface area contributed by atoms with Crippen molar-refractivity contribution in [1.29, 1.82) is 0 Å². The average Bonchev–Trinajstić information content (AvgIpc) is 2.94. The summed E-state index contributed by atoms with van der Waals surface area (Å²) in [6.45, 7) is 7.84. The van der Waals surface area contributed by atoms with E-state index in [-0.39, 0.29) is 5.92 Å². The van der Waals surface area contributed by atoms with E-state index in [1.165, 1.54) is 0 Å². The number of nitrogens with zero attached hydrogens (tertiary/aromatic N) is 1. The summed E-state index contributed by atoms with van der Waals surface area (Å²) in [7, 11) is 0. The van der Waals surface area contributed by atoms with E-state index in [9.17, 15) is 9.90 Å². The lowest BCUT2D eigenvalue weighted by atomic mass is 9.98. The fourth-order valence-corrected chi connectivity index (χ4v) is 2.93. The lowest BCUT2D eigenvalue weighted by Gasteiger charge is -2.08. The number of rotatable bonds is 10. The molecule has 3 nitrogen and oxygen atoms in total. The van der Waals surface area contributed by atoms with Crippen molar-refractivity contribution in [1.82, 2.24) is 4.98 Å². The van der Waals surface area contributed by atoms with Crippen LogP contribution in [-0.2, 0) is 4.79 Å². The van der Waals surface area contributed by atoms with Gasteiger partial charge in [0, 0.05) is 17.7 Å². The first-order valence-electron chi connectivity index (χ1n) is 8.40. The third kappa shape index (κ3) is 7.71. The molecule has 23 heavy (non-hydrogen) atoms. The number of unbranched alkanes of at least 4 members (excludes halogenated alkanes) is 1. The summed E-state index contributed by atoms with van der Waals surface area (Å²) >= 11 is 1.62. The average molecular weight is 336 g/mol. The fraction of sp³-hybridized carbons (Fsp3) is 0.579. The number of Topliss-reactive ketones (excluding diaryl/α,β-unsaturated/α-hetero) is 1. The maximum atomic E-state index is 11.5. The Morgan fingerprint density at radius 2 is 2.17 bits per heavy atom. The third-order valence-corrected chi connectivity index (χ3v) is 4.76. The molecule has 0 bridgehead atoms. The molecule has 0 aliphatic carbocycles. The molecule has 4 heteroatoms. The molecular weight excluding hydrogens is 306 g/mol. The van der Waals surface area contributed by atoms with Gasteiger partial charge in [-0.1, -0.05) is 26.0 Å². The maximum absolute atomic E-state index is 11.5. The highest BCUT2D eigenvalue weighted by molar-refractivity contribution is 7.09. The van der Waals surface area contributed by atoms with Gasteiger partial charge in [0.25, 0.3) is 0 Å². The van der Waals surface area contributed by atoms with Gasteiger partial charge in [0.1, 0.15) is 5.78 Å². The molecule has 0 amide bonds. The second kappa shape index (κ2) is 10.5. The monoisotopic (exact) mass is 335 g/mol. The van der Waals surface area contributed by atoms with Gasteiger partial charge in [-0.15, -0.1) is 11.3 Å². The molecule has 1 rings (SSSR count). The van der Waals surface area contributed by atoms with Crippen LogP contribution in [0.2, 0.25) is 0 Å². The van der Waals surface area contributed by atoms with Crippen molar-refractivity contribution in [3.63, 3.8) is 0 Å². The number of aliphatic hydroxyl groups is 1. The molecule has 0 spiro atoms. The van der Waals surface area contributed by atoms with Crippen LogP contribution in [0.15, 0.2) is 23.1 Å². The summed E-state index contributed by atoms with van der Waals surface area (Å²) in [5.41, 5.74) is 1.85. The number of carbonyl (C=O) groups excluding carboxylic acids is 1. The molecule has 1 aromatic heterocycles. The maximum Gasteiger partial charge on any atom is 0.135 e. The van der Waals surface area contributed by atoms with Crippen LogP contribution >= 0.6 is 11.3 Å². The number of carbonyl (C=O) groups is 1. The van der Waals surface area contributed by atoms with Gasteiger partial charge in [0.05, 0.1) is 16.8 Å². The molecular formula is C19H29NO2S. The zero-order valence-corrected chi connectivity index (χ0v) is 15.5. The minimum Gasteiger partial charge on any atom is -0.388 e. The summed E-state index contributed by atoms with van der Waals surface area (Å²) in [6.07, 6.45) is 9.79. The van der Waals surface area contributed by atoms with Crippen LogP contribution in [-0.4, -0.2) is 22.0 Å². The highest BCUT2D eigenvalue weighted by atomic mass is 32.1. The number of aryl methyl sites for hydroxylation is 1. The van der Waals surface area contributed by atoms with Crippen molar-refractivity contribution in [2.45, 2.75) is 65.9 Å². The predicted octanol–water partition coefficient (Wildman–Crippen LogP) is 4.95. The second-order valence-corrected chi connectivity index (χ2v) is 7.12. The van der Waals surface area contributed by atoms with E-state index in [2.05, 4.69) is 11.1 Å². The Balaban J connectivity index is 2.28. The number of hydrogen-bond donors (Lipinski definition) is 1. The summed E-state index contributed by atoms with van der Waals surface area (Å²) in [5.74, 6) is 0.521. The molecule has 0 saturated carbocycles. The standard InChI is InChI=1S/C19H29NO2S/c1-5-18(21)14(2)10-8-6-7-9-11-19(22)15(3)12-17-13-23-16(4)20-17/h7,9,12-14,19,22H,5-6,8,10-11H2,1-4H3. The topological polar surface area (TPSA) is 50.2 Å². The summed E-state index contributed by atoms with van der Waals surface area (Å²) in [5, 5.41) is 13.2. The Morgan fingerprint density at radius 1 is 1.43 bits per heavy atom. The quantitative estimate of drug-likeness (QED) is 0.486. The molecule has 0 radical (unpaired) electrons. The molecule has 0 aromatic carbocycles. The van der Waals surface area contributed by atoms with Crippen LogP contribution in [0.3, 0.4) is 0 Å². The largest absolute Gasteiger partial charge is 0.388 e. The number of aliphatic hydroxyl groups excluding tert-OH is 1. The van der Waals surface area contributed by atoms with Crippen molar-refractivity contribution in [2.75, 3.05) is 0 Å². The SMILES string of the molecule is CCC(=O)C(C)CCCC=CCC(O)C(C)=Cc1csc(C)n1. The van der Waals surface area contributed by atoms with Crippen molar-refractivity contribution >= 4 is 23.2 Å². The van der Waals surface area contributed by atoms with E-state index in [1.807, 2.05) is 45.2 Å². The van der Waals surface area contributed by atoms with Gasteiger partial charge in [-0.3, -0.25) is 4.79 Å². The molecule has 0 saturated heterocycles. The van der Waals surface area contributed by atoms with Crippen LogP contribution in [0, 0.1) is 12.8 Å². The zero-order chi connectivity index (χ0) is 17.2. The Morgan fingerprint density at radius 3 is 2.78 bits per heavy atom. The highest BCUT2D eigenvalue weighted by Crippen LogP contribution is 2.15. The molecule has 1 aromatic rings. The number of allylic oxidation sites excluding steroid dienone is 1. The van der Waals surface area contributed by atoms with Gasteiger partial charge in [-0.2, -0.15) is 0 Å². The molecule has 1 N–H and O–H groups in total. The van der Waals surface area contributed by atoms with Crippen molar-refractivity contribution in [2.24, 2.45) is 5.92 Å². The van der Waals surface area contributed by atoms with Gasteiger partial charge in [-0.25, -0.2) is 4.98 Å². The van der Waals surface area contributed by atoms with Crippen LogP contribution in [0.5, 0.6) is 0 Å². The Hall–Kier alpha value is -1.26. The lowest BCUT2D eigenvalue weighted by molar-refractivity contribution is -0.122. The van der Waals surface area contributed by atoms with E-state index < -0.39 is 6.10 Å². The van der Waals surface area contributed by atoms with Crippen LogP contribution in [0.4, 0.5) is 0 Å². The Labute approximate surface area is 144 Å². The molecule has 2 atom stereocenters. The highest BCUT2D eigenvalue weighted by Gasteiger charge is 2.09. The molecule has 0 aliphatic heterocycles. The summed E-state index contributed by atoms with van der Waals surface area (Å²) in [4.78, 5) is 15.9. The Kier molecular flexibility index (Phi) is 9.03. The van der Waals surface area contributed by atoms with E-state index in [1.54, 1.807) is 11.3 Å². The summed E-state index contributed by atoms with van der Waals surface area (Å²) < 4.78 is 0. The van der Waals surface area contributed by atoms with Crippen LogP contribution in [0.25, 0.3) is 6.08 Å². The van der Waals surface area contributed by atoms with E-state index in [0.29, 0.717) is 18.6 Å². The molecule has 1 heterocycles. The van der Waals surface area contributed by atoms with Crippen molar-refractivity contribution in [3.05, 3.63) is 33.8 Å². The first-order chi connectivity index (χ1) is 10.9. The van der Waals surface area contributed by atoms with Gasteiger partial charge in [0.15, 0.2) is 0 Å². The van der Waals surface area contributed by atoms with Crippen LogP contribution in [0.1, 0.15) is 63.6 Å². The van der Waals surface area contributed by atoms with Gasteiger partial charge >= 0.3 is 0 Å². The van der Waals surface area contributed by atoms with Crippen molar-refractivity contribution < 1.29 is 9.90 Å². The van der Waals surface area contributed by atoms with E-state index >= 15 is 0 Å². The van der Waals surface area contributed by atoms with Gasteiger partial charge < -0.3 is 5.11 Å². The number of hydrogen-bond acceptors (Lipinski definition) is 4. The zero-order valence-electron chi connectivity index (χ0n) is 14.7. The number of ketones is 1. The minimum atomic E-state index is -0.464. The fourth-order valence-electron chi connectivity index (χ4n) is 2.36. The normalized spacial score (nSPS) is 15.1. The second-order valence-electron chi connectivity index (χ2n) is 6.05. The Bertz CT molecular complexity index is 545. The van der Waals surface area contributed by atoms with E-state index in [0.717, 1.165) is 35.5 Å². The molecule has 0 fully saturated rings. The lowest BCUT2D eigenvalue weighted by Crippen LogP contribution is -2.08. The predicted molar refractivity (Wildman–Crippen MR) is 98.6 cm³/mol. The van der Waals surface area contributed by atoms with E-state index in [4.69, 9.17) is 0 Å². The van der Waals surface area contributed by atoms with Crippen molar-refractivity contribution in [3.8, 4) is 0 Å². The first kappa shape index (κ1) is 19.8. The smallest absolute Gasteiger partial charge is 0.135 e. The summed E-state index contributed by atoms with van der Waals surface area (Å²) in [6, 6.07) is 0. The van der Waals surface area contributed by atoms with Gasteiger partial charge in [-0.05, 0) is 51.2 Å². The van der Waals surface area contributed by atoms with Crippen LogP contribution < -0.4 is 0 Å². The first-order valence-corrected chi connectivity index (χ1v) is 9.28. The molecule has 0 aliphatic rings. The molecule has 2 unspecified atom stereocenters.